The number of ketones is 1. The standard InChI is InChI=1S/C22H15FN2O2/c23-17-7-4-8-18(12-17)25-20-10-15(14-5-2-1-3-6-14)11-21(26)19(20)9-16(13-24)22(25)27/h1-9,12,15H,10-11H2. The monoisotopic (exact) mass is 358 g/mol. The number of benzene rings is 2. The number of Topliss-reactive ketones (excluding diaryl/α,β-unsaturated/α-hetero) is 1. The second-order valence-corrected chi connectivity index (χ2v) is 6.59. The normalized spacial score (nSPS) is 15.9. The summed E-state index contributed by atoms with van der Waals surface area (Å²) in [6, 6.07) is 18.5. The summed E-state index contributed by atoms with van der Waals surface area (Å²) in [5, 5.41) is 9.31. The molecule has 132 valence electrons. The van der Waals surface area contributed by atoms with Crippen LogP contribution >= 0.6 is 0 Å². The second kappa shape index (κ2) is 6.65. The molecule has 0 saturated carbocycles. The summed E-state index contributed by atoms with van der Waals surface area (Å²) in [6.07, 6.45) is 0.770. The number of nitriles is 1. The largest absolute Gasteiger partial charge is 0.294 e. The molecular formula is C22H15FN2O2. The van der Waals surface area contributed by atoms with Crippen LogP contribution in [0.4, 0.5) is 4.39 Å². The molecule has 1 unspecified atom stereocenters. The van der Waals surface area contributed by atoms with Crippen molar-refractivity contribution >= 4 is 5.78 Å². The summed E-state index contributed by atoms with van der Waals surface area (Å²) in [6.45, 7) is 0. The lowest BCUT2D eigenvalue weighted by Crippen LogP contribution is -2.31. The highest BCUT2D eigenvalue weighted by Crippen LogP contribution is 2.33. The summed E-state index contributed by atoms with van der Waals surface area (Å²) in [7, 11) is 0. The Morgan fingerprint density at radius 1 is 1.00 bits per heavy atom. The Hall–Kier alpha value is -3.52. The number of halogens is 1. The van der Waals surface area contributed by atoms with Crippen LogP contribution in [0.25, 0.3) is 5.69 Å². The zero-order valence-corrected chi connectivity index (χ0v) is 14.4. The van der Waals surface area contributed by atoms with Crippen molar-refractivity contribution in [3.8, 4) is 11.8 Å². The molecule has 0 aliphatic heterocycles. The predicted octanol–water partition coefficient (Wildman–Crippen LogP) is 3.76. The molecule has 1 aliphatic rings. The first-order valence-electron chi connectivity index (χ1n) is 8.61. The van der Waals surface area contributed by atoms with Crippen molar-refractivity contribution in [2.45, 2.75) is 18.8 Å². The van der Waals surface area contributed by atoms with Gasteiger partial charge in [-0.25, -0.2) is 4.39 Å². The third-order valence-corrected chi connectivity index (χ3v) is 4.93. The van der Waals surface area contributed by atoms with Crippen LogP contribution in [0.3, 0.4) is 0 Å². The van der Waals surface area contributed by atoms with Gasteiger partial charge in [0.05, 0.1) is 5.69 Å². The van der Waals surface area contributed by atoms with E-state index in [9.17, 15) is 19.2 Å². The molecule has 4 nitrogen and oxygen atoms in total. The van der Waals surface area contributed by atoms with Gasteiger partial charge in [0.25, 0.3) is 5.56 Å². The SMILES string of the molecule is N#Cc1cc2c(n(-c3cccc(F)c3)c1=O)CC(c1ccccc1)CC2=O. The molecule has 0 amide bonds. The van der Waals surface area contributed by atoms with E-state index in [1.165, 1.54) is 28.8 Å². The Morgan fingerprint density at radius 2 is 1.78 bits per heavy atom. The average Bonchev–Trinajstić information content (AvgIpc) is 2.68. The Balaban J connectivity index is 1.95. The third-order valence-electron chi connectivity index (χ3n) is 4.93. The van der Waals surface area contributed by atoms with Crippen molar-refractivity contribution in [3.05, 3.63) is 99.2 Å². The molecular weight excluding hydrogens is 343 g/mol. The van der Waals surface area contributed by atoms with Gasteiger partial charge in [-0.2, -0.15) is 5.26 Å². The van der Waals surface area contributed by atoms with E-state index in [0.29, 0.717) is 29.8 Å². The summed E-state index contributed by atoms with van der Waals surface area (Å²) in [5.74, 6) is -0.678. The number of hydrogen-bond acceptors (Lipinski definition) is 3. The van der Waals surface area contributed by atoms with Crippen LogP contribution in [0.1, 0.15) is 39.5 Å². The molecule has 2 aromatic carbocycles. The Morgan fingerprint density at radius 3 is 2.48 bits per heavy atom. The Bertz CT molecular complexity index is 1140. The number of fused-ring (bicyclic) bond motifs is 1. The van der Waals surface area contributed by atoms with Gasteiger partial charge < -0.3 is 0 Å². The number of carbonyl (C=O) groups excluding carboxylic acids is 1. The van der Waals surface area contributed by atoms with Gasteiger partial charge in [-0.15, -0.1) is 0 Å². The van der Waals surface area contributed by atoms with Crippen LogP contribution in [-0.4, -0.2) is 10.4 Å². The number of hydrogen-bond donors (Lipinski definition) is 0. The van der Waals surface area contributed by atoms with E-state index in [1.807, 2.05) is 36.4 Å². The van der Waals surface area contributed by atoms with Crippen molar-refractivity contribution in [1.29, 1.82) is 5.26 Å². The molecule has 5 heteroatoms. The van der Waals surface area contributed by atoms with E-state index in [4.69, 9.17) is 0 Å². The van der Waals surface area contributed by atoms with Gasteiger partial charge in [-0.3, -0.25) is 14.2 Å². The van der Waals surface area contributed by atoms with E-state index >= 15 is 0 Å². The van der Waals surface area contributed by atoms with E-state index < -0.39 is 11.4 Å². The van der Waals surface area contributed by atoms with E-state index in [0.717, 1.165) is 5.56 Å². The van der Waals surface area contributed by atoms with Crippen LogP contribution in [0.15, 0.2) is 65.5 Å². The number of carbonyl (C=O) groups is 1. The quantitative estimate of drug-likeness (QED) is 0.701. The van der Waals surface area contributed by atoms with E-state index in [2.05, 4.69) is 0 Å². The molecule has 0 fully saturated rings. The fraction of sp³-hybridized carbons (Fsp3) is 0.136. The van der Waals surface area contributed by atoms with Gasteiger partial charge in [0.2, 0.25) is 0 Å². The van der Waals surface area contributed by atoms with Crippen LogP contribution in [0, 0.1) is 17.1 Å². The fourth-order valence-corrected chi connectivity index (χ4v) is 3.66. The Kier molecular flexibility index (Phi) is 4.17. The van der Waals surface area contributed by atoms with Crippen LogP contribution in [-0.2, 0) is 6.42 Å². The molecule has 0 spiro atoms. The number of aromatic nitrogens is 1. The van der Waals surface area contributed by atoms with Crippen molar-refractivity contribution in [2.24, 2.45) is 0 Å². The molecule has 3 aromatic rings. The van der Waals surface area contributed by atoms with Crippen molar-refractivity contribution in [2.75, 3.05) is 0 Å². The smallest absolute Gasteiger partial charge is 0.273 e. The van der Waals surface area contributed by atoms with Gasteiger partial charge >= 0.3 is 0 Å². The number of pyridine rings is 1. The second-order valence-electron chi connectivity index (χ2n) is 6.59. The lowest BCUT2D eigenvalue weighted by molar-refractivity contribution is 0.0962. The minimum absolute atomic E-state index is 0.0710. The molecule has 1 aliphatic carbocycles. The van der Waals surface area contributed by atoms with Gasteiger partial charge in [0, 0.05) is 17.7 Å². The first-order chi connectivity index (χ1) is 13.1. The average molecular weight is 358 g/mol. The first-order valence-corrected chi connectivity index (χ1v) is 8.61. The topological polar surface area (TPSA) is 62.9 Å². The third kappa shape index (κ3) is 2.96. The molecule has 0 bridgehead atoms. The summed E-state index contributed by atoms with van der Waals surface area (Å²) >= 11 is 0. The minimum atomic E-state index is -0.539. The van der Waals surface area contributed by atoms with E-state index in [1.54, 1.807) is 6.07 Å². The molecule has 1 aromatic heterocycles. The number of nitrogens with zero attached hydrogens (tertiary/aromatic N) is 2. The lowest BCUT2D eigenvalue weighted by atomic mass is 9.81. The summed E-state index contributed by atoms with van der Waals surface area (Å²) in [5.41, 5.74) is 1.55. The maximum Gasteiger partial charge on any atom is 0.273 e. The van der Waals surface area contributed by atoms with E-state index in [-0.39, 0.29) is 17.3 Å². The molecule has 1 atom stereocenters. The minimum Gasteiger partial charge on any atom is -0.294 e. The number of rotatable bonds is 2. The van der Waals surface area contributed by atoms with Gasteiger partial charge in [-0.05, 0) is 42.2 Å². The summed E-state index contributed by atoms with van der Waals surface area (Å²) in [4.78, 5) is 25.6. The van der Waals surface area contributed by atoms with Crippen LogP contribution in [0.5, 0.6) is 0 Å². The lowest BCUT2D eigenvalue weighted by Gasteiger charge is -2.27. The maximum absolute atomic E-state index is 13.8. The highest BCUT2D eigenvalue weighted by molar-refractivity contribution is 5.99. The van der Waals surface area contributed by atoms with Crippen molar-refractivity contribution in [3.63, 3.8) is 0 Å². The zero-order valence-electron chi connectivity index (χ0n) is 14.4. The van der Waals surface area contributed by atoms with Crippen LogP contribution < -0.4 is 5.56 Å². The molecule has 4 rings (SSSR count). The van der Waals surface area contributed by atoms with Crippen molar-refractivity contribution in [1.82, 2.24) is 4.57 Å². The highest BCUT2D eigenvalue weighted by atomic mass is 19.1. The first kappa shape index (κ1) is 16.9. The maximum atomic E-state index is 13.8. The fourth-order valence-electron chi connectivity index (χ4n) is 3.66. The predicted molar refractivity (Wildman–Crippen MR) is 98.5 cm³/mol. The molecule has 27 heavy (non-hydrogen) atoms. The summed E-state index contributed by atoms with van der Waals surface area (Å²) < 4.78 is 15.1. The van der Waals surface area contributed by atoms with Crippen molar-refractivity contribution < 1.29 is 9.18 Å². The van der Waals surface area contributed by atoms with Gasteiger partial charge in [0.15, 0.2) is 5.78 Å². The van der Waals surface area contributed by atoms with Crippen LogP contribution in [0.2, 0.25) is 0 Å². The molecule has 0 saturated heterocycles. The molecule has 0 radical (unpaired) electrons. The molecule has 1 heterocycles. The zero-order chi connectivity index (χ0) is 19.0. The van der Waals surface area contributed by atoms with Gasteiger partial charge in [0.1, 0.15) is 17.4 Å². The van der Waals surface area contributed by atoms with Gasteiger partial charge in [-0.1, -0.05) is 36.4 Å². The molecule has 0 N–H and O–H groups in total. The highest BCUT2D eigenvalue weighted by Gasteiger charge is 2.30. The Labute approximate surface area is 155 Å².